The van der Waals surface area contributed by atoms with Crippen LogP contribution in [0, 0.1) is 0 Å². The van der Waals surface area contributed by atoms with Crippen LogP contribution in [0.15, 0.2) is 30.3 Å². The standard InChI is InChI=1S/C25H29N3O5S/c1-4-25(16-10-6-5-7-11-16)23(31)28(24(32)27-25)14-19(29)26-21-20(22(30)33-15(2)3)17-12-8-9-13-18(17)34-21/h5-7,10-11,15H,4,8-9,12-14H2,1-3H3,(H,26,29)(H,27,32)/t25-/m0/s1. The van der Waals surface area contributed by atoms with Crippen molar-refractivity contribution in [3.05, 3.63) is 51.9 Å². The summed E-state index contributed by atoms with van der Waals surface area (Å²) in [5, 5.41) is 5.98. The van der Waals surface area contributed by atoms with E-state index in [1.165, 1.54) is 11.3 Å². The van der Waals surface area contributed by atoms with E-state index in [1.54, 1.807) is 38.1 Å². The predicted molar refractivity (Wildman–Crippen MR) is 129 cm³/mol. The number of rotatable bonds is 7. The topological polar surface area (TPSA) is 105 Å². The van der Waals surface area contributed by atoms with Crippen molar-refractivity contribution in [2.45, 2.75) is 64.5 Å². The number of nitrogens with zero attached hydrogens (tertiary/aromatic N) is 1. The van der Waals surface area contributed by atoms with Crippen molar-refractivity contribution < 1.29 is 23.9 Å². The predicted octanol–water partition coefficient (Wildman–Crippen LogP) is 3.99. The minimum absolute atomic E-state index is 0.290. The molecule has 1 aromatic carbocycles. The zero-order chi connectivity index (χ0) is 24.5. The quantitative estimate of drug-likeness (QED) is 0.458. The second-order valence-electron chi connectivity index (χ2n) is 8.86. The fourth-order valence-corrected chi connectivity index (χ4v) is 5.88. The van der Waals surface area contributed by atoms with Crippen molar-refractivity contribution in [1.29, 1.82) is 0 Å². The van der Waals surface area contributed by atoms with Crippen molar-refractivity contribution in [3.8, 4) is 0 Å². The lowest BCUT2D eigenvalue weighted by Gasteiger charge is -2.25. The molecule has 2 N–H and O–H groups in total. The van der Waals surface area contributed by atoms with Gasteiger partial charge in [0, 0.05) is 4.88 Å². The highest BCUT2D eigenvalue weighted by Crippen LogP contribution is 2.39. The van der Waals surface area contributed by atoms with Gasteiger partial charge >= 0.3 is 12.0 Å². The van der Waals surface area contributed by atoms with E-state index in [9.17, 15) is 19.2 Å². The highest BCUT2D eigenvalue weighted by atomic mass is 32.1. The molecule has 1 atom stereocenters. The van der Waals surface area contributed by atoms with Crippen molar-refractivity contribution in [2.75, 3.05) is 11.9 Å². The molecule has 2 aliphatic rings. The fourth-order valence-electron chi connectivity index (χ4n) is 4.58. The van der Waals surface area contributed by atoms with E-state index < -0.39 is 35.9 Å². The number of imide groups is 1. The van der Waals surface area contributed by atoms with Crippen LogP contribution in [0.3, 0.4) is 0 Å². The number of anilines is 1. The number of benzene rings is 1. The van der Waals surface area contributed by atoms with Crippen LogP contribution in [0.25, 0.3) is 0 Å². The molecule has 2 heterocycles. The summed E-state index contributed by atoms with van der Waals surface area (Å²) in [6.07, 6.45) is 3.67. The van der Waals surface area contributed by atoms with Gasteiger partial charge in [0.25, 0.3) is 5.91 Å². The van der Waals surface area contributed by atoms with Crippen molar-refractivity contribution in [1.82, 2.24) is 10.2 Å². The highest BCUT2D eigenvalue weighted by Gasteiger charge is 2.51. The molecule has 0 spiro atoms. The summed E-state index contributed by atoms with van der Waals surface area (Å²) in [6, 6.07) is 8.40. The maximum Gasteiger partial charge on any atom is 0.341 e. The van der Waals surface area contributed by atoms with E-state index in [-0.39, 0.29) is 6.10 Å². The van der Waals surface area contributed by atoms with Gasteiger partial charge in [-0.25, -0.2) is 9.59 Å². The molecule has 1 aliphatic heterocycles. The summed E-state index contributed by atoms with van der Waals surface area (Å²) < 4.78 is 5.43. The van der Waals surface area contributed by atoms with Crippen LogP contribution in [0.4, 0.5) is 9.80 Å². The molecular formula is C25H29N3O5S. The van der Waals surface area contributed by atoms with E-state index in [4.69, 9.17) is 4.74 Å². The molecule has 1 aromatic heterocycles. The van der Waals surface area contributed by atoms with Gasteiger partial charge in [0.15, 0.2) is 0 Å². The number of nitrogens with one attached hydrogen (secondary N) is 2. The lowest BCUT2D eigenvalue weighted by molar-refractivity contribution is -0.134. The fraction of sp³-hybridized carbons (Fsp3) is 0.440. The number of aryl methyl sites for hydroxylation is 1. The van der Waals surface area contributed by atoms with E-state index in [0.29, 0.717) is 22.5 Å². The number of esters is 1. The Kier molecular flexibility index (Phi) is 6.74. The van der Waals surface area contributed by atoms with Gasteiger partial charge in [-0.15, -0.1) is 11.3 Å². The number of amides is 4. The lowest BCUT2D eigenvalue weighted by Crippen LogP contribution is -2.44. The molecule has 9 heteroatoms. The van der Waals surface area contributed by atoms with Crippen molar-refractivity contribution in [3.63, 3.8) is 0 Å². The molecule has 8 nitrogen and oxygen atoms in total. The van der Waals surface area contributed by atoms with Gasteiger partial charge in [0.2, 0.25) is 5.91 Å². The summed E-state index contributed by atoms with van der Waals surface area (Å²) >= 11 is 1.37. The monoisotopic (exact) mass is 483 g/mol. The lowest BCUT2D eigenvalue weighted by atomic mass is 9.87. The van der Waals surface area contributed by atoms with Gasteiger partial charge in [-0.1, -0.05) is 37.3 Å². The van der Waals surface area contributed by atoms with E-state index in [2.05, 4.69) is 10.6 Å². The minimum atomic E-state index is -1.20. The van der Waals surface area contributed by atoms with E-state index in [0.717, 1.165) is 41.0 Å². The van der Waals surface area contributed by atoms with Crippen LogP contribution < -0.4 is 10.6 Å². The Labute approximate surface area is 202 Å². The molecule has 4 rings (SSSR count). The number of thiophene rings is 1. The van der Waals surface area contributed by atoms with Gasteiger partial charge in [0.1, 0.15) is 17.1 Å². The van der Waals surface area contributed by atoms with Gasteiger partial charge in [-0.3, -0.25) is 14.5 Å². The third kappa shape index (κ3) is 4.32. The summed E-state index contributed by atoms with van der Waals surface area (Å²) in [6.45, 7) is 4.93. The van der Waals surface area contributed by atoms with Crippen molar-refractivity contribution >= 4 is 40.2 Å². The summed E-state index contributed by atoms with van der Waals surface area (Å²) in [5.41, 5.74) is 0.795. The molecule has 1 aliphatic carbocycles. The molecule has 0 bridgehead atoms. The smallest absolute Gasteiger partial charge is 0.341 e. The summed E-state index contributed by atoms with van der Waals surface area (Å²) in [5.74, 6) is -1.47. The average molecular weight is 484 g/mol. The van der Waals surface area contributed by atoms with Crippen LogP contribution in [0.5, 0.6) is 0 Å². The molecule has 1 fully saturated rings. The van der Waals surface area contributed by atoms with Crippen LogP contribution in [-0.2, 0) is 32.7 Å². The largest absolute Gasteiger partial charge is 0.459 e. The normalized spacial score (nSPS) is 19.7. The molecule has 180 valence electrons. The minimum Gasteiger partial charge on any atom is -0.459 e. The number of urea groups is 1. The number of fused-ring (bicyclic) bond motifs is 1. The Bertz CT molecular complexity index is 1130. The van der Waals surface area contributed by atoms with Crippen LogP contribution in [0.1, 0.15) is 66.4 Å². The van der Waals surface area contributed by atoms with Gasteiger partial charge < -0.3 is 15.4 Å². The SMILES string of the molecule is CC[C@@]1(c2ccccc2)NC(=O)N(CC(=O)Nc2sc3c(c2C(=O)OC(C)C)CCCC3)C1=O. The van der Waals surface area contributed by atoms with Crippen LogP contribution in [-0.4, -0.2) is 41.4 Å². The molecular weight excluding hydrogens is 454 g/mol. The third-order valence-corrected chi connectivity index (χ3v) is 7.45. The Morgan fingerprint density at radius 2 is 1.88 bits per heavy atom. The van der Waals surface area contributed by atoms with Gasteiger partial charge in [-0.05, 0) is 57.1 Å². The molecule has 0 saturated carbocycles. The Morgan fingerprint density at radius 1 is 1.18 bits per heavy atom. The maximum atomic E-state index is 13.3. The van der Waals surface area contributed by atoms with E-state index in [1.807, 2.05) is 13.0 Å². The maximum absolute atomic E-state index is 13.3. The summed E-state index contributed by atoms with van der Waals surface area (Å²) in [7, 11) is 0. The zero-order valence-corrected chi connectivity index (χ0v) is 20.4. The first-order valence-electron chi connectivity index (χ1n) is 11.6. The number of carbonyl (C=O) groups is 4. The van der Waals surface area contributed by atoms with Gasteiger partial charge in [-0.2, -0.15) is 0 Å². The first-order valence-corrected chi connectivity index (χ1v) is 12.4. The van der Waals surface area contributed by atoms with Crippen LogP contribution >= 0.6 is 11.3 Å². The number of hydrogen-bond donors (Lipinski definition) is 2. The molecule has 2 aromatic rings. The second kappa shape index (κ2) is 9.58. The van der Waals surface area contributed by atoms with Gasteiger partial charge in [0.05, 0.1) is 11.7 Å². The second-order valence-corrected chi connectivity index (χ2v) is 9.97. The zero-order valence-electron chi connectivity index (χ0n) is 19.6. The summed E-state index contributed by atoms with van der Waals surface area (Å²) in [4.78, 5) is 53.8. The molecule has 4 amide bonds. The third-order valence-electron chi connectivity index (χ3n) is 6.25. The van der Waals surface area contributed by atoms with Crippen LogP contribution in [0.2, 0.25) is 0 Å². The number of carbonyl (C=O) groups excluding carboxylic acids is 4. The van der Waals surface area contributed by atoms with Crippen molar-refractivity contribution in [2.24, 2.45) is 0 Å². The Balaban J connectivity index is 1.55. The average Bonchev–Trinajstić information content (AvgIpc) is 3.29. The van der Waals surface area contributed by atoms with E-state index >= 15 is 0 Å². The number of hydrogen-bond acceptors (Lipinski definition) is 6. The highest BCUT2D eigenvalue weighted by molar-refractivity contribution is 7.17. The molecule has 0 unspecified atom stereocenters. The Morgan fingerprint density at radius 3 is 2.56 bits per heavy atom. The number of ether oxygens (including phenoxy) is 1. The first-order chi connectivity index (χ1) is 16.3. The first kappa shape index (κ1) is 23.9. The molecule has 1 saturated heterocycles. The molecule has 0 radical (unpaired) electrons. The molecule has 34 heavy (non-hydrogen) atoms. The Hall–Kier alpha value is -3.20.